The number of halogens is 1. The van der Waals surface area contributed by atoms with E-state index in [1.807, 2.05) is 26.8 Å². The molecule has 0 atom stereocenters. The Morgan fingerprint density at radius 1 is 1.10 bits per heavy atom. The van der Waals surface area contributed by atoms with Crippen molar-refractivity contribution in [1.82, 2.24) is 9.97 Å². The van der Waals surface area contributed by atoms with Crippen molar-refractivity contribution in [3.05, 3.63) is 69.5 Å². The molecule has 0 bridgehead atoms. The summed E-state index contributed by atoms with van der Waals surface area (Å²) >= 11 is 5.90. The maximum atomic E-state index is 12.4. The number of hydrogen-bond donors (Lipinski definition) is 3. The lowest BCUT2D eigenvalue weighted by atomic mass is 9.92. The van der Waals surface area contributed by atoms with E-state index in [0.29, 0.717) is 28.4 Å². The predicted octanol–water partition coefficient (Wildman–Crippen LogP) is 5.08. The Morgan fingerprint density at radius 3 is 2.29 bits per heavy atom. The molecule has 3 rings (SSSR count). The fourth-order valence-corrected chi connectivity index (χ4v) is 3.04. The van der Waals surface area contributed by atoms with Crippen LogP contribution in [0.25, 0.3) is 11.3 Å². The van der Waals surface area contributed by atoms with Crippen LogP contribution in [0.4, 0.5) is 17.3 Å². The van der Waals surface area contributed by atoms with Crippen LogP contribution in [0.15, 0.2) is 53.3 Å². The number of nitriles is 1. The molecular weight excluding hydrogens is 414 g/mol. The van der Waals surface area contributed by atoms with Crippen LogP contribution in [0.1, 0.15) is 32.8 Å². The maximum absolute atomic E-state index is 12.4. The number of carbonyl (C=O) groups excluding carboxylic acids is 1. The standard InChI is InChI=1S/C23H22ClN5O2/c1-23(2,3)12-19(30)26-16-8-4-14(5-9-16)20-18(13-25)21(31)29-22(28-20)27-17-10-6-15(24)7-11-17/h4-11H,12H2,1-3H3,(H,26,30)(H2,27,28,29,31). The lowest BCUT2D eigenvalue weighted by Crippen LogP contribution is -2.19. The zero-order chi connectivity index (χ0) is 22.6. The highest BCUT2D eigenvalue weighted by Crippen LogP contribution is 2.24. The average molecular weight is 436 g/mol. The Hall–Kier alpha value is -3.63. The summed E-state index contributed by atoms with van der Waals surface area (Å²) in [6.45, 7) is 5.98. The van der Waals surface area contributed by atoms with Crippen LogP contribution in [0.3, 0.4) is 0 Å². The first-order valence-electron chi connectivity index (χ1n) is 9.62. The second kappa shape index (κ2) is 9.02. The highest BCUT2D eigenvalue weighted by atomic mass is 35.5. The smallest absolute Gasteiger partial charge is 0.270 e. The molecule has 0 aliphatic heterocycles. The summed E-state index contributed by atoms with van der Waals surface area (Å²) < 4.78 is 0. The summed E-state index contributed by atoms with van der Waals surface area (Å²) in [5.41, 5.74) is 1.37. The fraction of sp³-hybridized carbons (Fsp3) is 0.217. The van der Waals surface area contributed by atoms with Gasteiger partial charge in [0.15, 0.2) is 0 Å². The molecule has 1 amide bonds. The van der Waals surface area contributed by atoms with Crippen LogP contribution in [-0.4, -0.2) is 15.9 Å². The first kappa shape index (κ1) is 22.1. The van der Waals surface area contributed by atoms with E-state index in [1.165, 1.54) is 0 Å². The van der Waals surface area contributed by atoms with Gasteiger partial charge < -0.3 is 10.6 Å². The molecule has 0 saturated carbocycles. The third-order valence-corrected chi connectivity index (χ3v) is 4.52. The van der Waals surface area contributed by atoms with E-state index >= 15 is 0 Å². The number of amides is 1. The van der Waals surface area contributed by atoms with E-state index in [4.69, 9.17) is 11.6 Å². The van der Waals surface area contributed by atoms with Gasteiger partial charge in [-0.3, -0.25) is 14.6 Å². The monoisotopic (exact) mass is 435 g/mol. The quantitative estimate of drug-likeness (QED) is 0.517. The third-order valence-electron chi connectivity index (χ3n) is 4.27. The van der Waals surface area contributed by atoms with Crippen LogP contribution in [-0.2, 0) is 4.79 Å². The minimum absolute atomic E-state index is 0.0818. The molecule has 31 heavy (non-hydrogen) atoms. The number of benzene rings is 2. The SMILES string of the molecule is CC(C)(C)CC(=O)Nc1ccc(-c2nc(Nc3ccc(Cl)cc3)[nH]c(=O)c2C#N)cc1. The lowest BCUT2D eigenvalue weighted by Gasteiger charge is -2.17. The van der Waals surface area contributed by atoms with Gasteiger partial charge >= 0.3 is 0 Å². The van der Waals surface area contributed by atoms with Gasteiger partial charge in [-0.25, -0.2) is 4.98 Å². The van der Waals surface area contributed by atoms with E-state index in [0.717, 1.165) is 0 Å². The normalized spacial score (nSPS) is 10.9. The van der Waals surface area contributed by atoms with Crippen molar-refractivity contribution in [1.29, 1.82) is 5.26 Å². The maximum Gasteiger partial charge on any atom is 0.270 e. The van der Waals surface area contributed by atoms with E-state index in [9.17, 15) is 14.9 Å². The summed E-state index contributed by atoms with van der Waals surface area (Å²) in [7, 11) is 0. The molecule has 3 aromatic rings. The number of hydrogen-bond acceptors (Lipinski definition) is 5. The highest BCUT2D eigenvalue weighted by molar-refractivity contribution is 6.30. The van der Waals surface area contributed by atoms with E-state index in [2.05, 4.69) is 20.6 Å². The van der Waals surface area contributed by atoms with Gasteiger partial charge in [-0.2, -0.15) is 5.26 Å². The summed E-state index contributed by atoms with van der Waals surface area (Å²) in [4.78, 5) is 31.5. The number of H-pyrrole nitrogens is 1. The Balaban J connectivity index is 1.88. The van der Waals surface area contributed by atoms with Gasteiger partial charge in [-0.15, -0.1) is 0 Å². The van der Waals surface area contributed by atoms with Crippen molar-refractivity contribution in [3.63, 3.8) is 0 Å². The van der Waals surface area contributed by atoms with Gasteiger partial charge in [-0.1, -0.05) is 44.5 Å². The van der Waals surface area contributed by atoms with Gasteiger partial charge in [0.25, 0.3) is 5.56 Å². The first-order chi connectivity index (χ1) is 14.6. The van der Waals surface area contributed by atoms with Crippen LogP contribution in [0.2, 0.25) is 5.02 Å². The Kier molecular flexibility index (Phi) is 6.42. The van der Waals surface area contributed by atoms with E-state index < -0.39 is 5.56 Å². The summed E-state index contributed by atoms with van der Waals surface area (Å²) in [6, 6.07) is 15.7. The fourth-order valence-electron chi connectivity index (χ4n) is 2.91. The van der Waals surface area contributed by atoms with Crippen molar-refractivity contribution in [2.75, 3.05) is 10.6 Å². The van der Waals surface area contributed by atoms with E-state index in [1.54, 1.807) is 48.5 Å². The molecule has 0 unspecified atom stereocenters. The second-order valence-corrected chi connectivity index (χ2v) is 8.68. The third kappa shape index (κ3) is 5.93. The number of aromatic nitrogens is 2. The molecule has 7 nitrogen and oxygen atoms in total. The number of nitrogens with zero attached hydrogens (tertiary/aromatic N) is 2. The van der Waals surface area contributed by atoms with Crippen LogP contribution < -0.4 is 16.2 Å². The number of anilines is 3. The van der Waals surface area contributed by atoms with Crippen LogP contribution in [0, 0.1) is 16.7 Å². The molecule has 1 heterocycles. The topological polar surface area (TPSA) is 111 Å². The minimum atomic E-state index is -0.550. The van der Waals surface area contributed by atoms with Gasteiger partial charge in [0.05, 0.1) is 5.69 Å². The highest BCUT2D eigenvalue weighted by Gasteiger charge is 2.17. The van der Waals surface area contributed by atoms with Crippen molar-refractivity contribution in [2.45, 2.75) is 27.2 Å². The Bertz CT molecular complexity index is 1190. The summed E-state index contributed by atoms with van der Waals surface area (Å²) in [5.74, 6) is 0.116. The molecule has 158 valence electrons. The van der Waals surface area contributed by atoms with Gasteiger partial charge in [-0.05, 0) is 41.8 Å². The molecule has 0 saturated heterocycles. The van der Waals surface area contributed by atoms with Crippen molar-refractivity contribution >= 4 is 34.8 Å². The molecule has 2 aromatic carbocycles. The Labute approximate surface area is 185 Å². The number of carbonyl (C=O) groups is 1. The Morgan fingerprint density at radius 2 is 1.71 bits per heavy atom. The summed E-state index contributed by atoms with van der Waals surface area (Å²) in [6.07, 6.45) is 0.392. The van der Waals surface area contributed by atoms with Crippen molar-refractivity contribution < 1.29 is 4.79 Å². The molecule has 0 aliphatic carbocycles. The number of aromatic amines is 1. The van der Waals surface area contributed by atoms with Crippen molar-refractivity contribution in [3.8, 4) is 17.3 Å². The molecular formula is C23H22ClN5O2. The average Bonchev–Trinajstić information content (AvgIpc) is 2.68. The van der Waals surface area contributed by atoms with Crippen molar-refractivity contribution in [2.24, 2.45) is 5.41 Å². The molecule has 1 aromatic heterocycles. The predicted molar refractivity (Wildman–Crippen MR) is 122 cm³/mol. The van der Waals surface area contributed by atoms with Gasteiger partial charge in [0.1, 0.15) is 11.6 Å². The molecule has 0 spiro atoms. The lowest BCUT2D eigenvalue weighted by molar-refractivity contribution is -0.117. The van der Waals surface area contributed by atoms with Crippen LogP contribution in [0.5, 0.6) is 0 Å². The zero-order valence-electron chi connectivity index (χ0n) is 17.4. The van der Waals surface area contributed by atoms with Gasteiger partial charge in [0.2, 0.25) is 11.9 Å². The first-order valence-corrected chi connectivity index (χ1v) is 10.00. The zero-order valence-corrected chi connectivity index (χ0v) is 18.2. The summed E-state index contributed by atoms with van der Waals surface area (Å²) in [5, 5.41) is 15.9. The number of rotatable bonds is 5. The molecule has 8 heteroatoms. The molecule has 0 aliphatic rings. The number of nitrogens with one attached hydrogen (secondary N) is 3. The molecule has 0 fully saturated rings. The van der Waals surface area contributed by atoms with Crippen LogP contribution >= 0.6 is 11.6 Å². The van der Waals surface area contributed by atoms with Gasteiger partial charge in [0, 0.05) is 28.4 Å². The molecule has 3 N–H and O–H groups in total. The molecule has 0 radical (unpaired) electrons. The minimum Gasteiger partial charge on any atom is -0.326 e. The largest absolute Gasteiger partial charge is 0.326 e. The van der Waals surface area contributed by atoms with E-state index in [-0.39, 0.29) is 28.5 Å². The second-order valence-electron chi connectivity index (χ2n) is 8.24.